The van der Waals surface area contributed by atoms with E-state index in [2.05, 4.69) is 10.3 Å². The lowest BCUT2D eigenvalue weighted by Gasteiger charge is -2.29. The number of pyridine rings is 1. The molecule has 5 heteroatoms. The number of likely N-dealkylation sites (tertiary alicyclic amines) is 1. The first kappa shape index (κ1) is 13.5. The summed E-state index contributed by atoms with van der Waals surface area (Å²) in [6, 6.07) is 4.23. The van der Waals surface area contributed by atoms with E-state index in [4.69, 9.17) is 4.74 Å². The summed E-state index contributed by atoms with van der Waals surface area (Å²) < 4.78 is 5.63. The van der Waals surface area contributed by atoms with Gasteiger partial charge in [-0.3, -0.25) is 9.78 Å². The number of rotatable bonds is 3. The number of amides is 1. The molecular weight excluding hydrogens is 254 g/mol. The molecule has 0 aliphatic carbocycles. The Bertz CT molecular complexity index is 446. The zero-order valence-corrected chi connectivity index (χ0v) is 11.6. The SMILES string of the molecule is O=C(CC1CNCCO1)N1CCCC1c1ccncc1. The average Bonchev–Trinajstić information content (AvgIpc) is 2.99. The zero-order valence-electron chi connectivity index (χ0n) is 11.6. The Labute approximate surface area is 119 Å². The van der Waals surface area contributed by atoms with Crippen LogP contribution in [0.5, 0.6) is 0 Å². The highest BCUT2D eigenvalue weighted by Crippen LogP contribution is 2.32. The van der Waals surface area contributed by atoms with E-state index in [0.29, 0.717) is 13.0 Å². The van der Waals surface area contributed by atoms with Crippen LogP contribution in [0.2, 0.25) is 0 Å². The van der Waals surface area contributed by atoms with Crippen molar-refractivity contribution in [2.45, 2.75) is 31.4 Å². The summed E-state index contributed by atoms with van der Waals surface area (Å²) in [5, 5.41) is 3.27. The van der Waals surface area contributed by atoms with Crippen LogP contribution in [0.1, 0.15) is 30.9 Å². The predicted octanol–water partition coefficient (Wildman–Crippen LogP) is 1.12. The van der Waals surface area contributed by atoms with E-state index in [0.717, 1.165) is 32.5 Å². The van der Waals surface area contributed by atoms with Crippen molar-refractivity contribution in [3.63, 3.8) is 0 Å². The van der Waals surface area contributed by atoms with E-state index in [1.165, 1.54) is 5.56 Å². The van der Waals surface area contributed by atoms with Gasteiger partial charge in [0, 0.05) is 32.0 Å². The summed E-state index contributed by atoms with van der Waals surface area (Å²) in [4.78, 5) is 18.6. The van der Waals surface area contributed by atoms with Crippen molar-refractivity contribution < 1.29 is 9.53 Å². The second kappa shape index (κ2) is 6.33. The highest BCUT2D eigenvalue weighted by Gasteiger charge is 2.31. The molecule has 2 saturated heterocycles. The second-order valence-corrected chi connectivity index (χ2v) is 5.43. The van der Waals surface area contributed by atoms with E-state index in [1.54, 1.807) is 12.4 Å². The molecule has 0 spiro atoms. The fourth-order valence-corrected chi connectivity index (χ4v) is 3.06. The molecule has 2 unspecified atom stereocenters. The Balaban J connectivity index is 1.64. The van der Waals surface area contributed by atoms with E-state index in [1.807, 2.05) is 17.0 Å². The number of nitrogens with zero attached hydrogens (tertiary/aromatic N) is 2. The molecule has 2 aliphatic heterocycles. The topological polar surface area (TPSA) is 54.5 Å². The number of ether oxygens (including phenoxy) is 1. The van der Waals surface area contributed by atoms with Crippen LogP contribution in [0.25, 0.3) is 0 Å². The highest BCUT2D eigenvalue weighted by molar-refractivity contribution is 5.77. The standard InChI is InChI=1S/C15H21N3O2/c19-15(10-13-11-17-7-9-20-13)18-8-1-2-14(18)12-3-5-16-6-4-12/h3-6,13-14,17H,1-2,7-11H2. The third-order valence-corrected chi connectivity index (χ3v) is 4.07. The third-order valence-electron chi connectivity index (χ3n) is 4.07. The molecule has 108 valence electrons. The Morgan fingerprint density at radius 3 is 3.05 bits per heavy atom. The summed E-state index contributed by atoms with van der Waals surface area (Å²) in [6.07, 6.45) is 6.21. The fraction of sp³-hybridized carbons (Fsp3) is 0.600. The van der Waals surface area contributed by atoms with Gasteiger partial charge in [0.15, 0.2) is 0 Å². The number of hydrogen-bond acceptors (Lipinski definition) is 4. The smallest absolute Gasteiger partial charge is 0.225 e. The van der Waals surface area contributed by atoms with Gasteiger partial charge in [-0.15, -0.1) is 0 Å². The molecule has 1 aromatic rings. The molecule has 0 bridgehead atoms. The van der Waals surface area contributed by atoms with Crippen molar-refractivity contribution in [3.8, 4) is 0 Å². The van der Waals surface area contributed by atoms with Gasteiger partial charge in [-0.25, -0.2) is 0 Å². The third kappa shape index (κ3) is 2.99. The summed E-state index contributed by atoms with van der Waals surface area (Å²) in [6.45, 7) is 3.21. The number of aromatic nitrogens is 1. The van der Waals surface area contributed by atoms with Gasteiger partial charge in [-0.1, -0.05) is 0 Å². The van der Waals surface area contributed by atoms with Crippen molar-refractivity contribution in [2.24, 2.45) is 0 Å². The van der Waals surface area contributed by atoms with Crippen molar-refractivity contribution in [2.75, 3.05) is 26.2 Å². The van der Waals surface area contributed by atoms with Crippen molar-refractivity contribution in [3.05, 3.63) is 30.1 Å². The number of hydrogen-bond donors (Lipinski definition) is 1. The summed E-state index contributed by atoms with van der Waals surface area (Å²) in [7, 11) is 0. The molecule has 1 aromatic heterocycles. The first-order valence-electron chi connectivity index (χ1n) is 7.36. The Kier molecular flexibility index (Phi) is 4.28. The highest BCUT2D eigenvalue weighted by atomic mass is 16.5. The van der Waals surface area contributed by atoms with E-state index < -0.39 is 0 Å². The van der Waals surface area contributed by atoms with Crippen LogP contribution in [0.15, 0.2) is 24.5 Å². The number of carbonyl (C=O) groups is 1. The largest absolute Gasteiger partial charge is 0.375 e. The van der Waals surface area contributed by atoms with Crippen LogP contribution in [0.4, 0.5) is 0 Å². The molecule has 5 nitrogen and oxygen atoms in total. The van der Waals surface area contributed by atoms with Gasteiger partial charge in [0.05, 0.1) is 25.2 Å². The average molecular weight is 275 g/mol. The van der Waals surface area contributed by atoms with Gasteiger partial charge in [0.2, 0.25) is 5.91 Å². The second-order valence-electron chi connectivity index (χ2n) is 5.43. The molecule has 2 atom stereocenters. The number of carbonyl (C=O) groups excluding carboxylic acids is 1. The molecule has 2 aliphatic rings. The van der Waals surface area contributed by atoms with Crippen LogP contribution in [-0.4, -0.2) is 48.1 Å². The molecule has 0 radical (unpaired) electrons. The van der Waals surface area contributed by atoms with Gasteiger partial charge in [-0.05, 0) is 30.5 Å². The molecule has 3 rings (SSSR count). The molecular formula is C15H21N3O2. The lowest BCUT2D eigenvalue weighted by atomic mass is 10.1. The van der Waals surface area contributed by atoms with Gasteiger partial charge < -0.3 is 15.0 Å². The summed E-state index contributed by atoms with van der Waals surface area (Å²) in [5.74, 6) is 0.206. The van der Waals surface area contributed by atoms with Crippen LogP contribution in [0.3, 0.4) is 0 Å². The molecule has 20 heavy (non-hydrogen) atoms. The lowest BCUT2D eigenvalue weighted by molar-refractivity contribution is -0.135. The molecule has 0 aromatic carbocycles. The maximum absolute atomic E-state index is 12.5. The van der Waals surface area contributed by atoms with Crippen LogP contribution in [-0.2, 0) is 9.53 Å². The monoisotopic (exact) mass is 275 g/mol. The van der Waals surface area contributed by atoms with Gasteiger partial charge in [-0.2, -0.15) is 0 Å². The summed E-state index contributed by atoms with van der Waals surface area (Å²) in [5.41, 5.74) is 1.19. The minimum Gasteiger partial charge on any atom is -0.375 e. The number of nitrogens with one attached hydrogen (secondary N) is 1. The van der Waals surface area contributed by atoms with Gasteiger partial charge in [0.25, 0.3) is 0 Å². The van der Waals surface area contributed by atoms with E-state index >= 15 is 0 Å². The van der Waals surface area contributed by atoms with E-state index in [9.17, 15) is 4.79 Å². The Hall–Kier alpha value is -1.46. The molecule has 3 heterocycles. The maximum Gasteiger partial charge on any atom is 0.225 e. The van der Waals surface area contributed by atoms with Crippen molar-refractivity contribution >= 4 is 5.91 Å². The maximum atomic E-state index is 12.5. The molecule has 0 saturated carbocycles. The van der Waals surface area contributed by atoms with Crippen LogP contribution >= 0.6 is 0 Å². The molecule has 1 amide bonds. The Morgan fingerprint density at radius 1 is 1.45 bits per heavy atom. The first-order chi connectivity index (χ1) is 9.84. The van der Waals surface area contributed by atoms with E-state index in [-0.39, 0.29) is 18.1 Å². The minimum absolute atomic E-state index is 0.0231. The molecule has 1 N–H and O–H groups in total. The molecule has 2 fully saturated rings. The lowest BCUT2D eigenvalue weighted by Crippen LogP contribution is -2.42. The normalized spacial score (nSPS) is 26.7. The summed E-state index contributed by atoms with van der Waals surface area (Å²) >= 11 is 0. The quantitative estimate of drug-likeness (QED) is 0.898. The van der Waals surface area contributed by atoms with Crippen molar-refractivity contribution in [1.82, 2.24) is 15.2 Å². The van der Waals surface area contributed by atoms with Crippen LogP contribution < -0.4 is 5.32 Å². The van der Waals surface area contributed by atoms with Crippen LogP contribution in [0, 0.1) is 0 Å². The predicted molar refractivity (Wildman–Crippen MR) is 75.2 cm³/mol. The van der Waals surface area contributed by atoms with Crippen molar-refractivity contribution in [1.29, 1.82) is 0 Å². The minimum atomic E-state index is 0.0231. The van der Waals surface area contributed by atoms with Gasteiger partial charge >= 0.3 is 0 Å². The van der Waals surface area contributed by atoms with Gasteiger partial charge in [0.1, 0.15) is 0 Å². The Morgan fingerprint density at radius 2 is 2.30 bits per heavy atom. The first-order valence-corrected chi connectivity index (χ1v) is 7.36. The number of morpholine rings is 1. The zero-order chi connectivity index (χ0) is 13.8. The fourth-order valence-electron chi connectivity index (χ4n) is 3.06.